The number of carbonyl (C=O) groups excluding carboxylic acids is 3. The second kappa shape index (κ2) is 62.6. The summed E-state index contributed by atoms with van der Waals surface area (Å²) in [6, 6.07) is 0. The first-order chi connectivity index (χ1) is 36.5. The van der Waals surface area contributed by atoms with Crippen molar-refractivity contribution in [1.82, 2.24) is 0 Å². The van der Waals surface area contributed by atoms with Crippen LogP contribution in [0.3, 0.4) is 0 Å². The molecule has 0 spiro atoms. The molecule has 6 nitrogen and oxygen atoms in total. The molecular weight excluding hydrogens is 913 g/mol. The zero-order valence-electron chi connectivity index (χ0n) is 49.4. The van der Waals surface area contributed by atoms with Crippen LogP contribution >= 0.6 is 0 Å². The molecule has 0 aromatic heterocycles. The van der Waals surface area contributed by atoms with Gasteiger partial charge in [0, 0.05) is 19.3 Å². The first-order valence-corrected chi connectivity index (χ1v) is 32.3. The van der Waals surface area contributed by atoms with E-state index in [1.165, 1.54) is 212 Å². The topological polar surface area (TPSA) is 78.9 Å². The Balaban J connectivity index is 4.16. The van der Waals surface area contributed by atoms with Crippen LogP contribution < -0.4 is 0 Å². The van der Waals surface area contributed by atoms with Crippen LogP contribution in [0.15, 0.2) is 60.8 Å². The summed E-state index contributed by atoms with van der Waals surface area (Å²) >= 11 is 0. The van der Waals surface area contributed by atoms with Crippen molar-refractivity contribution in [3.8, 4) is 0 Å². The molecule has 0 amide bonds. The lowest BCUT2D eigenvalue weighted by Gasteiger charge is -2.18. The van der Waals surface area contributed by atoms with Crippen molar-refractivity contribution >= 4 is 17.9 Å². The van der Waals surface area contributed by atoms with Gasteiger partial charge < -0.3 is 14.2 Å². The molecule has 0 aromatic rings. The molecule has 0 aliphatic carbocycles. The highest BCUT2D eigenvalue weighted by Crippen LogP contribution is 2.17. The zero-order valence-corrected chi connectivity index (χ0v) is 49.4. The van der Waals surface area contributed by atoms with Crippen LogP contribution in [0.4, 0.5) is 0 Å². The summed E-state index contributed by atoms with van der Waals surface area (Å²) in [6.07, 6.45) is 79.6. The Hall–Kier alpha value is -2.89. The Bertz CT molecular complexity index is 1330. The summed E-state index contributed by atoms with van der Waals surface area (Å²) in [5.74, 6) is -0.879. The monoisotopic (exact) mass is 1030 g/mol. The maximum atomic E-state index is 12.9. The van der Waals surface area contributed by atoms with E-state index in [2.05, 4.69) is 81.5 Å². The van der Waals surface area contributed by atoms with Gasteiger partial charge in [-0.05, 0) is 89.9 Å². The number of allylic oxidation sites excluding steroid dienone is 10. The molecule has 6 heteroatoms. The van der Waals surface area contributed by atoms with Gasteiger partial charge in [-0.1, -0.05) is 287 Å². The maximum Gasteiger partial charge on any atom is 0.306 e. The summed E-state index contributed by atoms with van der Waals surface area (Å²) in [6.45, 7) is 6.62. The minimum atomic E-state index is -0.778. The number of ether oxygens (including phenoxy) is 3. The van der Waals surface area contributed by atoms with Crippen LogP contribution in [0.2, 0.25) is 0 Å². The van der Waals surface area contributed by atoms with Crippen molar-refractivity contribution in [3.05, 3.63) is 60.8 Å². The standard InChI is InChI=1S/C68H122O6/c1-4-7-10-13-16-19-21-23-25-27-29-31-32-33-34-35-36-38-39-41-43-45-47-49-52-55-58-61-67(70)73-64-65(63-72-66(69)60-57-54-51-18-15-12-9-6-3)74-68(71)62-59-56-53-50-48-46-44-42-40-37-30-28-26-24-22-20-17-14-11-8-5-2/h21-24,27-30,40,42,65H,4-20,25-26,31-39,41,43-64H2,1-3H3/b23-21-,24-22-,29-27-,30-28-,42-40-. The van der Waals surface area contributed by atoms with Crippen LogP contribution in [0.25, 0.3) is 0 Å². The molecule has 0 saturated heterocycles. The maximum absolute atomic E-state index is 12.9. The van der Waals surface area contributed by atoms with E-state index in [0.717, 1.165) is 83.5 Å². The van der Waals surface area contributed by atoms with Gasteiger partial charge in [0.2, 0.25) is 0 Å². The lowest BCUT2D eigenvalue weighted by Crippen LogP contribution is -2.30. The quantitative estimate of drug-likeness (QED) is 0.0261. The van der Waals surface area contributed by atoms with Crippen LogP contribution in [-0.2, 0) is 28.6 Å². The van der Waals surface area contributed by atoms with Gasteiger partial charge >= 0.3 is 17.9 Å². The lowest BCUT2D eigenvalue weighted by molar-refractivity contribution is -0.167. The fraction of sp³-hybridized carbons (Fsp3) is 0.809. The minimum absolute atomic E-state index is 0.0767. The summed E-state index contributed by atoms with van der Waals surface area (Å²) < 4.78 is 16.9. The number of unbranched alkanes of at least 4 members (excludes halogenated alkanes) is 38. The summed E-state index contributed by atoms with van der Waals surface area (Å²) in [5, 5.41) is 0. The first kappa shape index (κ1) is 71.1. The second-order valence-electron chi connectivity index (χ2n) is 21.7. The van der Waals surface area contributed by atoms with Crippen LogP contribution in [0, 0.1) is 0 Å². The average molecular weight is 1040 g/mol. The van der Waals surface area contributed by atoms with Gasteiger partial charge in [0.25, 0.3) is 0 Å². The molecule has 0 bridgehead atoms. The largest absolute Gasteiger partial charge is 0.462 e. The zero-order chi connectivity index (χ0) is 53.6. The van der Waals surface area contributed by atoms with Crippen LogP contribution in [0.1, 0.15) is 335 Å². The Morgan fingerprint density at radius 2 is 0.486 bits per heavy atom. The Labute approximate surface area is 460 Å². The molecule has 0 aromatic carbocycles. The summed E-state index contributed by atoms with van der Waals surface area (Å²) in [5.41, 5.74) is 0. The molecule has 0 radical (unpaired) electrons. The molecule has 0 saturated carbocycles. The molecular formula is C68H122O6. The average Bonchev–Trinajstić information content (AvgIpc) is 3.40. The van der Waals surface area contributed by atoms with Crippen molar-refractivity contribution in [2.45, 2.75) is 341 Å². The predicted molar refractivity (Wildman–Crippen MR) is 321 cm³/mol. The van der Waals surface area contributed by atoms with Gasteiger partial charge in [0.05, 0.1) is 0 Å². The first-order valence-electron chi connectivity index (χ1n) is 32.3. The minimum Gasteiger partial charge on any atom is -0.462 e. The van der Waals surface area contributed by atoms with E-state index < -0.39 is 6.10 Å². The van der Waals surface area contributed by atoms with Crippen molar-refractivity contribution in [1.29, 1.82) is 0 Å². The molecule has 0 aliphatic rings. The third kappa shape index (κ3) is 60.0. The number of rotatable bonds is 59. The van der Waals surface area contributed by atoms with E-state index >= 15 is 0 Å². The molecule has 1 atom stereocenters. The molecule has 0 rings (SSSR count). The van der Waals surface area contributed by atoms with E-state index in [4.69, 9.17) is 14.2 Å². The highest BCUT2D eigenvalue weighted by Gasteiger charge is 2.19. The Morgan fingerprint density at radius 1 is 0.270 bits per heavy atom. The van der Waals surface area contributed by atoms with Gasteiger partial charge in [-0.15, -0.1) is 0 Å². The predicted octanol–water partition coefficient (Wildman–Crippen LogP) is 21.9. The van der Waals surface area contributed by atoms with Crippen molar-refractivity contribution < 1.29 is 28.6 Å². The van der Waals surface area contributed by atoms with Gasteiger partial charge in [-0.2, -0.15) is 0 Å². The van der Waals surface area contributed by atoms with E-state index in [9.17, 15) is 14.4 Å². The van der Waals surface area contributed by atoms with Crippen molar-refractivity contribution in [3.63, 3.8) is 0 Å². The number of hydrogen-bond donors (Lipinski definition) is 0. The molecule has 1 unspecified atom stereocenters. The van der Waals surface area contributed by atoms with Crippen molar-refractivity contribution in [2.24, 2.45) is 0 Å². The van der Waals surface area contributed by atoms with Gasteiger partial charge in [0.1, 0.15) is 13.2 Å². The highest BCUT2D eigenvalue weighted by atomic mass is 16.6. The Kier molecular flexibility index (Phi) is 60.2. The van der Waals surface area contributed by atoms with E-state index in [0.29, 0.717) is 19.3 Å². The molecule has 0 N–H and O–H groups in total. The third-order valence-corrected chi connectivity index (χ3v) is 14.2. The third-order valence-electron chi connectivity index (χ3n) is 14.2. The molecule has 430 valence electrons. The molecule has 0 aliphatic heterocycles. The highest BCUT2D eigenvalue weighted by molar-refractivity contribution is 5.71. The Morgan fingerprint density at radius 3 is 0.757 bits per heavy atom. The molecule has 0 fully saturated rings. The SMILES string of the molecule is CCCCCCC/C=C\C/C=C\C/C=C\CCCCCCCCC(=O)OC(COC(=O)CCCCCCCCCC)COC(=O)CCCCCCCCCCCCCCCCC/C=C\C/C=C\CCCCCCC. The molecule has 0 heterocycles. The van der Waals surface area contributed by atoms with Crippen LogP contribution in [-0.4, -0.2) is 37.2 Å². The number of hydrogen-bond acceptors (Lipinski definition) is 6. The van der Waals surface area contributed by atoms with E-state index in [1.54, 1.807) is 0 Å². The van der Waals surface area contributed by atoms with Crippen LogP contribution in [0.5, 0.6) is 0 Å². The smallest absolute Gasteiger partial charge is 0.306 e. The number of carbonyl (C=O) groups is 3. The fourth-order valence-corrected chi connectivity index (χ4v) is 9.36. The fourth-order valence-electron chi connectivity index (χ4n) is 9.36. The van der Waals surface area contributed by atoms with Gasteiger partial charge in [-0.3, -0.25) is 14.4 Å². The lowest BCUT2D eigenvalue weighted by atomic mass is 10.0. The summed E-state index contributed by atoms with van der Waals surface area (Å²) in [4.78, 5) is 38.1. The molecule has 74 heavy (non-hydrogen) atoms. The van der Waals surface area contributed by atoms with E-state index in [-0.39, 0.29) is 31.1 Å². The van der Waals surface area contributed by atoms with Gasteiger partial charge in [0.15, 0.2) is 6.10 Å². The normalized spacial score (nSPS) is 12.4. The van der Waals surface area contributed by atoms with E-state index in [1.807, 2.05) is 0 Å². The second-order valence-corrected chi connectivity index (χ2v) is 21.7. The number of esters is 3. The van der Waals surface area contributed by atoms with Crippen molar-refractivity contribution in [2.75, 3.05) is 13.2 Å². The van der Waals surface area contributed by atoms with Gasteiger partial charge in [-0.25, -0.2) is 0 Å². The summed E-state index contributed by atoms with van der Waals surface area (Å²) in [7, 11) is 0.